The number of likely N-dealkylation sites (tertiary alicyclic amines) is 1. The second kappa shape index (κ2) is 6.10. The van der Waals surface area contributed by atoms with Gasteiger partial charge >= 0.3 is 6.03 Å². The highest BCUT2D eigenvalue weighted by atomic mass is 16.5. The Morgan fingerprint density at radius 3 is 2.78 bits per heavy atom. The van der Waals surface area contributed by atoms with Gasteiger partial charge in [0, 0.05) is 32.0 Å². The summed E-state index contributed by atoms with van der Waals surface area (Å²) in [6, 6.07) is 7.37. The zero-order valence-corrected chi connectivity index (χ0v) is 13.6. The lowest BCUT2D eigenvalue weighted by Crippen LogP contribution is -2.62. The molecule has 124 valence electrons. The summed E-state index contributed by atoms with van der Waals surface area (Å²) in [6.45, 7) is 5.15. The lowest BCUT2D eigenvalue weighted by Gasteiger charge is -2.44. The van der Waals surface area contributed by atoms with E-state index in [9.17, 15) is 9.59 Å². The van der Waals surface area contributed by atoms with Crippen LogP contribution in [0, 0.1) is 0 Å². The number of carbonyl (C=O) groups is 2. The summed E-state index contributed by atoms with van der Waals surface area (Å²) >= 11 is 0. The first-order valence-electron chi connectivity index (χ1n) is 8.19. The first kappa shape index (κ1) is 15.6. The Morgan fingerprint density at radius 2 is 2.09 bits per heavy atom. The number of nitrogens with one attached hydrogen (secondary N) is 2. The van der Waals surface area contributed by atoms with Gasteiger partial charge in [-0.3, -0.25) is 4.79 Å². The molecular weight excluding hydrogens is 294 g/mol. The molecular formula is C17H23N3O3. The van der Waals surface area contributed by atoms with Crippen LogP contribution >= 0.6 is 0 Å². The van der Waals surface area contributed by atoms with Crippen LogP contribution in [-0.4, -0.2) is 41.7 Å². The van der Waals surface area contributed by atoms with Crippen molar-refractivity contribution in [2.45, 2.75) is 44.9 Å². The van der Waals surface area contributed by atoms with Crippen molar-refractivity contribution in [3.8, 4) is 5.75 Å². The van der Waals surface area contributed by atoms with Gasteiger partial charge in [-0.05, 0) is 25.5 Å². The molecule has 1 aromatic rings. The van der Waals surface area contributed by atoms with Crippen LogP contribution in [0.4, 0.5) is 4.79 Å². The number of nitrogens with zero attached hydrogens (tertiary/aromatic N) is 1. The van der Waals surface area contributed by atoms with Crippen LogP contribution < -0.4 is 15.4 Å². The third-order valence-corrected chi connectivity index (χ3v) is 4.62. The maximum Gasteiger partial charge on any atom is 0.317 e. The van der Waals surface area contributed by atoms with Crippen LogP contribution in [0.15, 0.2) is 24.3 Å². The number of carbonyl (C=O) groups excluding carboxylic acids is 2. The Hall–Kier alpha value is -2.24. The third-order valence-electron chi connectivity index (χ3n) is 4.62. The summed E-state index contributed by atoms with van der Waals surface area (Å²) in [7, 11) is 0. The summed E-state index contributed by atoms with van der Waals surface area (Å²) in [6.07, 6.45) is 2.07. The van der Waals surface area contributed by atoms with Gasteiger partial charge < -0.3 is 20.3 Å². The van der Waals surface area contributed by atoms with Crippen LogP contribution in [0.1, 0.15) is 43.5 Å². The molecule has 2 heterocycles. The smallest absolute Gasteiger partial charge is 0.317 e. The van der Waals surface area contributed by atoms with Crippen molar-refractivity contribution in [3.05, 3.63) is 29.8 Å². The van der Waals surface area contributed by atoms with Crippen molar-refractivity contribution < 1.29 is 14.3 Å². The fourth-order valence-electron chi connectivity index (χ4n) is 2.96. The number of fused-ring (bicyclic) bond motifs is 1. The Kier molecular flexibility index (Phi) is 4.15. The van der Waals surface area contributed by atoms with Crippen molar-refractivity contribution in [1.82, 2.24) is 15.5 Å². The Labute approximate surface area is 136 Å². The number of rotatable bonds is 2. The van der Waals surface area contributed by atoms with Crippen LogP contribution in [0.2, 0.25) is 0 Å². The number of para-hydroxylation sites is 1. The lowest BCUT2D eigenvalue weighted by molar-refractivity contribution is -0.0213. The molecule has 0 saturated carbocycles. The van der Waals surface area contributed by atoms with Crippen LogP contribution in [0.5, 0.6) is 5.75 Å². The van der Waals surface area contributed by atoms with Gasteiger partial charge in [0.05, 0.1) is 5.56 Å². The minimum atomic E-state index is -0.696. The van der Waals surface area contributed by atoms with E-state index >= 15 is 0 Å². The molecule has 23 heavy (non-hydrogen) atoms. The molecule has 1 spiro atoms. The standard InChI is InChI=1S/C17H23N3O3/c1-3-12(2)18-16(22)20-10-8-17(9-11-20)19-15(21)13-6-4-5-7-14(13)23-17/h4-7,12H,3,8-11H2,1-2H3,(H,18,22)(H,19,21)/t12-/m0/s1. The quantitative estimate of drug-likeness (QED) is 0.877. The fourth-order valence-corrected chi connectivity index (χ4v) is 2.96. The predicted octanol–water partition coefficient (Wildman–Crippen LogP) is 2.11. The van der Waals surface area contributed by atoms with E-state index in [0.29, 0.717) is 37.2 Å². The van der Waals surface area contributed by atoms with E-state index in [2.05, 4.69) is 10.6 Å². The lowest BCUT2D eigenvalue weighted by atomic mass is 9.97. The van der Waals surface area contributed by atoms with E-state index in [1.54, 1.807) is 11.0 Å². The van der Waals surface area contributed by atoms with E-state index in [1.165, 1.54) is 0 Å². The van der Waals surface area contributed by atoms with E-state index in [-0.39, 0.29) is 18.0 Å². The SMILES string of the molecule is CC[C@H](C)NC(=O)N1CCC2(CC1)NC(=O)c1ccccc1O2. The van der Waals surface area contributed by atoms with Crippen LogP contribution in [-0.2, 0) is 0 Å². The largest absolute Gasteiger partial charge is 0.467 e. The summed E-state index contributed by atoms with van der Waals surface area (Å²) in [5.74, 6) is 0.512. The third kappa shape index (κ3) is 3.11. The first-order valence-corrected chi connectivity index (χ1v) is 8.19. The van der Waals surface area contributed by atoms with Crippen molar-refractivity contribution in [2.75, 3.05) is 13.1 Å². The highest BCUT2D eigenvalue weighted by Gasteiger charge is 2.43. The molecule has 0 radical (unpaired) electrons. The average molecular weight is 317 g/mol. The van der Waals surface area contributed by atoms with Gasteiger partial charge in [-0.1, -0.05) is 19.1 Å². The molecule has 0 bridgehead atoms. The second-order valence-corrected chi connectivity index (χ2v) is 6.29. The number of ether oxygens (including phenoxy) is 1. The zero-order valence-electron chi connectivity index (χ0n) is 13.6. The maximum atomic E-state index is 12.3. The molecule has 1 fully saturated rings. The number of piperidine rings is 1. The summed E-state index contributed by atoms with van der Waals surface area (Å²) in [5, 5.41) is 5.95. The molecule has 0 aliphatic carbocycles. The predicted molar refractivity (Wildman–Crippen MR) is 86.4 cm³/mol. The molecule has 1 atom stereocenters. The summed E-state index contributed by atoms with van der Waals surface area (Å²) < 4.78 is 6.07. The van der Waals surface area contributed by atoms with Crippen LogP contribution in [0.3, 0.4) is 0 Å². The van der Waals surface area contributed by atoms with Gasteiger partial charge in [-0.25, -0.2) is 4.79 Å². The van der Waals surface area contributed by atoms with Gasteiger partial charge in [0.25, 0.3) is 5.91 Å². The number of hydrogen-bond acceptors (Lipinski definition) is 3. The minimum Gasteiger partial charge on any atom is -0.467 e. The summed E-state index contributed by atoms with van der Waals surface area (Å²) in [4.78, 5) is 26.2. The van der Waals surface area contributed by atoms with Gasteiger partial charge in [-0.15, -0.1) is 0 Å². The topological polar surface area (TPSA) is 70.7 Å². The Balaban J connectivity index is 1.65. The number of urea groups is 1. The van der Waals surface area contributed by atoms with E-state index in [0.717, 1.165) is 6.42 Å². The molecule has 3 amide bonds. The van der Waals surface area contributed by atoms with E-state index in [1.807, 2.05) is 32.0 Å². The monoisotopic (exact) mass is 317 g/mol. The molecule has 3 rings (SSSR count). The maximum absolute atomic E-state index is 12.3. The average Bonchev–Trinajstić information content (AvgIpc) is 2.55. The molecule has 0 unspecified atom stereocenters. The molecule has 2 aliphatic heterocycles. The van der Waals surface area contributed by atoms with Crippen molar-refractivity contribution in [2.24, 2.45) is 0 Å². The molecule has 0 aromatic heterocycles. The van der Waals surface area contributed by atoms with Gasteiger partial charge in [0.2, 0.25) is 0 Å². The molecule has 2 N–H and O–H groups in total. The van der Waals surface area contributed by atoms with E-state index < -0.39 is 5.72 Å². The number of benzene rings is 1. The second-order valence-electron chi connectivity index (χ2n) is 6.29. The van der Waals surface area contributed by atoms with Gasteiger partial charge in [-0.2, -0.15) is 0 Å². The van der Waals surface area contributed by atoms with Gasteiger partial charge in [0.15, 0.2) is 5.72 Å². The van der Waals surface area contributed by atoms with E-state index in [4.69, 9.17) is 4.74 Å². The van der Waals surface area contributed by atoms with Crippen molar-refractivity contribution in [1.29, 1.82) is 0 Å². The molecule has 1 aromatic carbocycles. The van der Waals surface area contributed by atoms with Gasteiger partial charge in [0.1, 0.15) is 5.75 Å². The fraction of sp³-hybridized carbons (Fsp3) is 0.529. The molecule has 6 heteroatoms. The number of amides is 3. The van der Waals surface area contributed by atoms with Crippen molar-refractivity contribution >= 4 is 11.9 Å². The molecule has 1 saturated heterocycles. The Bertz CT molecular complexity index is 609. The molecule has 6 nitrogen and oxygen atoms in total. The normalized spacial score (nSPS) is 20.3. The molecule has 2 aliphatic rings. The minimum absolute atomic E-state index is 0.0447. The Morgan fingerprint density at radius 1 is 1.39 bits per heavy atom. The summed E-state index contributed by atoms with van der Waals surface area (Å²) in [5.41, 5.74) is -0.131. The first-order chi connectivity index (χ1) is 11.0. The number of hydrogen-bond donors (Lipinski definition) is 2. The highest BCUT2D eigenvalue weighted by Crippen LogP contribution is 2.33. The highest BCUT2D eigenvalue weighted by molar-refractivity contribution is 5.98. The zero-order chi connectivity index (χ0) is 16.4. The van der Waals surface area contributed by atoms with Crippen LogP contribution in [0.25, 0.3) is 0 Å². The van der Waals surface area contributed by atoms with Crippen molar-refractivity contribution in [3.63, 3.8) is 0 Å².